The minimum atomic E-state index is -0.215. The predicted octanol–water partition coefficient (Wildman–Crippen LogP) is 3.28. The molecule has 2 aromatic rings. The fourth-order valence-electron chi connectivity index (χ4n) is 5.10. The van der Waals surface area contributed by atoms with Crippen LogP contribution in [0, 0.1) is 30.6 Å². The highest BCUT2D eigenvalue weighted by atomic mass is 16.2. The molecule has 5 rings (SSSR count). The van der Waals surface area contributed by atoms with Crippen molar-refractivity contribution in [3.8, 4) is 0 Å². The molecule has 5 nitrogen and oxygen atoms in total. The summed E-state index contributed by atoms with van der Waals surface area (Å²) in [6.07, 6.45) is 8.65. The SMILES string of the molecule is C=CCn1c(C)c(C=NN2C(=O)[C@@H]3[C@H](C2=O)[C@H]2C=C[C@H]3C2)c2ccccc21. The number of amides is 2. The molecule has 136 valence electrons. The molecule has 1 aromatic heterocycles. The molecule has 0 spiro atoms. The standard InChI is InChI=1S/C22H21N3O2/c1-3-10-24-13(2)17(16-6-4-5-7-18(16)24)12-23-25-21(26)19-14-8-9-15(11-14)20(19)22(25)27/h3-9,12,14-15,19-20H,1,10-11H2,2H3/t14-,15-,19-,20+/m0/s1. The molecule has 1 aromatic carbocycles. The number of fused-ring (bicyclic) bond motifs is 6. The molecule has 0 N–H and O–H groups in total. The molecule has 3 aliphatic rings. The Bertz CT molecular complexity index is 1020. The molecule has 4 atom stereocenters. The van der Waals surface area contributed by atoms with Crippen molar-refractivity contribution < 1.29 is 9.59 Å². The number of aromatic nitrogens is 1. The van der Waals surface area contributed by atoms with Gasteiger partial charge in [-0.15, -0.1) is 6.58 Å². The number of allylic oxidation sites excluding steroid dienone is 3. The van der Waals surface area contributed by atoms with Crippen LogP contribution in [0.4, 0.5) is 0 Å². The summed E-state index contributed by atoms with van der Waals surface area (Å²) in [7, 11) is 0. The van der Waals surface area contributed by atoms with E-state index in [9.17, 15) is 9.59 Å². The van der Waals surface area contributed by atoms with Gasteiger partial charge in [0.15, 0.2) is 0 Å². The smallest absolute Gasteiger partial charge is 0.254 e. The Morgan fingerprint density at radius 1 is 1.15 bits per heavy atom. The van der Waals surface area contributed by atoms with Crippen molar-refractivity contribution in [3.05, 3.63) is 60.3 Å². The quantitative estimate of drug-likeness (QED) is 0.478. The van der Waals surface area contributed by atoms with Crippen molar-refractivity contribution in [3.63, 3.8) is 0 Å². The summed E-state index contributed by atoms with van der Waals surface area (Å²) in [5.41, 5.74) is 3.07. The van der Waals surface area contributed by atoms with Crippen molar-refractivity contribution >= 4 is 28.9 Å². The second kappa shape index (κ2) is 5.78. The summed E-state index contributed by atoms with van der Waals surface area (Å²) >= 11 is 0. The second-order valence-electron chi connectivity index (χ2n) is 7.65. The largest absolute Gasteiger partial charge is 0.340 e. The number of hydrogen-bond acceptors (Lipinski definition) is 3. The van der Waals surface area contributed by atoms with Gasteiger partial charge in [0.2, 0.25) is 0 Å². The van der Waals surface area contributed by atoms with Gasteiger partial charge in [-0.3, -0.25) is 9.59 Å². The predicted molar refractivity (Wildman–Crippen MR) is 104 cm³/mol. The van der Waals surface area contributed by atoms with Crippen molar-refractivity contribution in [1.29, 1.82) is 0 Å². The third kappa shape index (κ3) is 2.14. The molecule has 2 heterocycles. The van der Waals surface area contributed by atoms with E-state index in [4.69, 9.17) is 0 Å². The van der Waals surface area contributed by atoms with Gasteiger partial charge in [-0.1, -0.05) is 36.4 Å². The van der Waals surface area contributed by atoms with E-state index in [1.54, 1.807) is 6.21 Å². The monoisotopic (exact) mass is 359 g/mol. The molecule has 1 aliphatic heterocycles. The Kier molecular flexibility index (Phi) is 3.47. The summed E-state index contributed by atoms with van der Waals surface area (Å²) in [5, 5.41) is 6.53. The van der Waals surface area contributed by atoms with Gasteiger partial charge in [0.25, 0.3) is 11.8 Å². The Hall–Kier alpha value is -2.95. The van der Waals surface area contributed by atoms with E-state index in [0.717, 1.165) is 33.6 Å². The number of para-hydroxylation sites is 1. The first-order chi connectivity index (χ1) is 13.1. The summed E-state index contributed by atoms with van der Waals surface area (Å²) in [6, 6.07) is 8.08. The zero-order chi connectivity index (χ0) is 18.7. The highest BCUT2D eigenvalue weighted by Crippen LogP contribution is 2.52. The van der Waals surface area contributed by atoms with Crippen LogP contribution in [0.1, 0.15) is 17.7 Å². The number of imide groups is 1. The first kappa shape index (κ1) is 16.2. The zero-order valence-corrected chi connectivity index (χ0v) is 15.2. The van der Waals surface area contributed by atoms with Crippen LogP contribution < -0.4 is 0 Å². The maximum absolute atomic E-state index is 12.8. The van der Waals surface area contributed by atoms with Gasteiger partial charge in [-0.2, -0.15) is 10.1 Å². The molecular formula is C22H21N3O2. The minimum absolute atomic E-state index is 0.148. The van der Waals surface area contributed by atoms with Gasteiger partial charge < -0.3 is 4.57 Å². The molecule has 1 saturated carbocycles. The lowest BCUT2D eigenvalue weighted by atomic mass is 9.85. The zero-order valence-electron chi connectivity index (χ0n) is 15.2. The van der Waals surface area contributed by atoms with Crippen LogP contribution in [0.5, 0.6) is 0 Å². The molecule has 2 amide bonds. The average molecular weight is 359 g/mol. The lowest BCUT2D eigenvalue weighted by molar-refractivity contribution is -0.140. The van der Waals surface area contributed by atoms with Crippen molar-refractivity contribution in [2.45, 2.75) is 19.9 Å². The van der Waals surface area contributed by atoms with Crippen LogP contribution in [-0.4, -0.2) is 27.6 Å². The summed E-state index contributed by atoms with van der Waals surface area (Å²) in [4.78, 5) is 25.6. The molecule has 2 fully saturated rings. The van der Waals surface area contributed by atoms with Crippen molar-refractivity contribution in [1.82, 2.24) is 9.58 Å². The lowest BCUT2D eigenvalue weighted by Gasteiger charge is -2.13. The van der Waals surface area contributed by atoms with Crippen LogP contribution in [0.15, 0.2) is 54.2 Å². The molecule has 2 bridgehead atoms. The van der Waals surface area contributed by atoms with Gasteiger partial charge in [-0.05, 0) is 31.2 Å². The van der Waals surface area contributed by atoms with Crippen LogP contribution >= 0.6 is 0 Å². The van der Waals surface area contributed by atoms with Crippen LogP contribution in [0.2, 0.25) is 0 Å². The first-order valence-corrected chi connectivity index (χ1v) is 9.40. The van der Waals surface area contributed by atoms with Crippen LogP contribution in [0.3, 0.4) is 0 Å². The van der Waals surface area contributed by atoms with E-state index < -0.39 is 0 Å². The average Bonchev–Trinajstić information content (AvgIpc) is 3.40. The Morgan fingerprint density at radius 2 is 1.81 bits per heavy atom. The molecular weight excluding hydrogens is 338 g/mol. The molecule has 0 unspecified atom stereocenters. The van der Waals surface area contributed by atoms with Gasteiger partial charge in [0.1, 0.15) is 0 Å². The van der Waals surface area contributed by atoms with Crippen molar-refractivity contribution in [2.24, 2.45) is 28.8 Å². The highest BCUT2D eigenvalue weighted by Gasteiger charge is 2.59. The molecule has 2 aliphatic carbocycles. The van der Waals surface area contributed by atoms with E-state index in [1.165, 1.54) is 0 Å². The summed E-state index contributed by atoms with van der Waals surface area (Å²) in [5.74, 6) is -0.322. The van der Waals surface area contributed by atoms with Crippen molar-refractivity contribution in [2.75, 3.05) is 0 Å². The van der Waals surface area contributed by atoms with Gasteiger partial charge in [0, 0.05) is 28.7 Å². The fraction of sp³-hybridized carbons (Fsp3) is 0.318. The molecule has 0 radical (unpaired) electrons. The minimum Gasteiger partial charge on any atom is -0.340 e. The third-order valence-corrected chi connectivity index (χ3v) is 6.34. The number of hydrazone groups is 1. The Morgan fingerprint density at radius 3 is 2.48 bits per heavy atom. The van der Waals surface area contributed by atoms with E-state index in [2.05, 4.69) is 34.5 Å². The number of hydrogen-bond donors (Lipinski definition) is 0. The second-order valence-corrected chi connectivity index (χ2v) is 7.65. The lowest BCUT2D eigenvalue weighted by Crippen LogP contribution is -2.28. The van der Waals surface area contributed by atoms with Gasteiger partial charge >= 0.3 is 0 Å². The van der Waals surface area contributed by atoms with Crippen LogP contribution in [-0.2, 0) is 16.1 Å². The maximum atomic E-state index is 12.8. The molecule has 1 saturated heterocycles. The number of rotatable bonds is 4. The number of benzene rings is 1. The van der Waals surface area contributed by atoms with E-state index in [1.807, 2.05) is 31.2 Å². The highest BCUT2D eigenvalue weighted by molar-refractivity contribution is 6.08. The molecule has 5 heteroatoms. The van der Waals surface area contributed by atoms with E-state index in [-0.39, 0.29) is 35.5 Å². The fourth-order valence-corrected chi connectivity index (χ4v) is 5.10. The third-order valence-electron chi connectivity index (χ3n) is 6.34. The topological polar surface area (TPSA) is 54.7 Å². The number of nitrogens with zero attached hydrogens (tertiary/aromatic N) is 3. The Labute approximate surface area is 157 Å². The van der Waals surface area contributed by atoms with Gasteiger partial charge in [-0.25, -0.2) is 0 Å². The number of carbonyl (C=O) groups excluding carboxylic acids is 2. The molecule has 27 heavy (non-hydrogen) atoms. The number of carbonyl (C=O) groups is 2. The van der Waals surface area contributed by atoms with Crippen LogP contribution in [0.25, 0.3) is 10.9 Å². The van der Waals surface area contributed by atoms with E-state index in [0.29, 0.717) is 6.54 Å². The maximum Gasteiger partial charge on any atom is 0.254 e. The Balaban J connectivity index is 1.52. The summed E-state index contributed by atoms with van der Waals surface area (Å²) in [6.45, 7) is 6.56. The van der Waals surface area contributed by atoms with E-state index >= 15 is 0 Å². The van der Waals surface area contributed by atoms with Gasteiger partial charge in [0.05, 0.1) is 18.1 Å². The normalized spacial score (nSPS) is 28.9. The summed E-state index contributed by atoms with van der Waals surface area (Å²) < 4.78 is 2.16. The first-order valence-electron chi connectivity index (χ1n) is 9.40.